The van der Waals surface area contributed by atoms with E-state index in [2.05, 4.69) is 5.32 Å². The smallest absolute Gasteiger partial charge is 0.222 e. The lowest BCUT2D eigenvalue weighted by molar-refractivity contribution is -0.134. The Bertz CT molecular complexity index is 285. The van der Waals surface area contributed by atoms with Gasteiger partial charge >= 0.3 is 0 Å². The Hall–Kier alpha value is -0.650. The van der Waals surface area contributed by atoms with Crippen molar-refractivity contribution < 1.29 is 14.6 Å². The molecule has 5 heteroatoms. The number of nitrogens with zero attached hydrogens (tertiary/aromatic N) is 1. The van der Waals surface area contributed by atoms with Crippen molar-refractivity contribution in [2.45, 2.75) is 44.6 Å². The molecule has 2 saturated heterocycles. The maximum absolute atomic E-state index is 12.2. The van der Waals surface area contributed by atoms with Crippen molar-refractivity contribution in [1.82, 2.24) is 10.2 Å². The fourth-order valence-electron chi connectivity index (χ4n) is 3.15. The molecular weight excluding hydrogens is 256 g/mol. The van der Waals surface area contributed by atoms with Gasteiger partial charge in [0.25, 0.3) is 0 Å². The van der Waals surface area contributed by atoms with Crippen LogP contribution in [0.3, 0.4) is 0 Å². The fraction of sp³-hybridized carbons (Fsp3) is 0.933. The van der Waals surface area contributed by atoms with Crippen molar-refractivity contribution in [2.75, 3.05) is 39.4 Å². The van der Waals surface area contributed by atoms with E-state index in [-0.39, 0.29) is 12.7 Å². The first-order valence-electron chi connectivity index (χ1n) is 8.00. The van der Waals surface area contributed by atoms with Crippen LogP contribution in [0.4, 0.5) is 0 Å². The molecule has 1 amide bonds. The average molecular weight is 284 g/mol. The van der Waals surface area contributed by atoms with E-state index in [4.69, 9.17) is 9.84 Å². The summed E-state index contributed by atoms with van der Waals surface area (Å²) in [7, 11) is 0. The Morgan fingerprint density at radius 1 is 1.20 bits per heavy atom. The van der Waals surface area contributed by atoms with Crippen molar-refractivity contribution in [2.24, 2.45) is 5.92 Å². The van der Waals surface area contributed by atoms with Gasteiger partial charge in [-0.2, -0.15) is 0 Å². The van der Waals surface area contributed by atoms with Crippen LogP contribution in [0.1, 0.15) is 38.5 Å². The number of piperidine rings is 2. The molecule has 0 aromatic carbocycles. The summed E-state index contributed by atoms with van der Waals surface area (Å²) in [6, 6.07) is 0. The summed E-state index contributed by atoms with van der Waals surface area (Å²) < 4.78 is 5.52. The third-order valence-corrected chi connectivity index (χ3v) is 4.46. The maximum atomic E-state index is 12.2. The monoisotopic (exact) mass is 284 g/mol. The molecule has 0 atom stereocenters. The Morgan fingerprint density at radius 3 is 2.55 bits per heavy atom. The summed E-state index contributed by atoms with van der Waals surface area (Å²) >= 11 is 0. The average Bonchev–Trinajstić information content (AvgIpc) is 2.52. The van der Waals surface area contributed by atoms with Gasteiger partial charge in [-0.1, -0.05) is 0 Å². The first kappa shape index (κ1) is 15.7. The molecule has 2 aliphatic rings. The molecule has 2 rings (SSSR count). The van der Waals surface area contributed by atoms with Gasteiger partial charge < -0.3 is 20.1 Å². The quantitative estimate of drug-likeness (QED) is 0.756. The zero-order chi connectivity index (χ0) is 14.2. The molecule has 0 spiro atoms. The number of rotatable bonds is 6. The molecule has 2 fully saturated rings. The normalized spacial score (nSPS) is 22.1. The molecule has 0 unspecified atom stereocenters. The number of nitrogens with one attached hydrogen (secondary N) is 1. The van der Waals surface area contributed by atoms with Gasteiger partial charge in [0.05, 0.1) is 19.3 Å². The largest absolute Gasteiger partial charge is 0.394 e. The van der Waals surface area contributed by atoms with Gasteiger partial charge in [0, 0.05) is 19.5 Å². The molecule has 0 aromatic heterocycles. The lowest BCUT2D eigenvalue weighted by Crippen LogP contribution is -2.41. The molecular formula is C15H28N2O3. The Kier molecular flexibility index (Phi) is 6.76. The zero-order valence-electron chi connectivity index (χ0n) is 12.4. The Balaban J connectivity index is 1.61. The summed E-state index contributed by atoms with van der Waals surface area (Å²) in [4.78, 5) is 14.2. The minimum absolute atomic E-state index is 0.0788. The van der Waals surface area contributed by atoms with Crippen molar-refractivity contribution in [3.05, 3.63) is 0 Å². The highest BCUT2D eigenvalue weighted by atomic mass is 16.5. The predicted octanol–water partition coefficient (Wildman–Crippen LogP) is 0.766. The molecule has 0 aliphatic carbocycles. The zero-order valence-corrected chi connectivity index (χ0v) is 12.4. The first-order chi connectivity index (χ1) is 9.79. The van der Waals surface area contributed by atoms with Crippen molar-refractivity contribution in [3.8, 4) is 0 Å². The summed E-state index contributed by atoms with van der Waals surface area (Å²) in [6.45, 7) is 4.31. The van der Waals surface area contributed by atoms with Crippen molar-refractivity contribution >= 4 is 5.91 Å². The number of aliphatic hydroxyl groups excluding tert-OH is 1. The van der Waals surface area contributed by atoms with E-state index in [0.717, 1.165) is 51.4 Å². The highest BCUT2D eigenvalue weighted by Gasteiger charge is 2.23. The third-order valence-electron chi connectivity index (χ3n) is 4.46. The minimum Gasteiger partial charge on any atom is -0.394 e. The molecule has 2 aliphatic heterocycles. The lowest BCUT2D eigenvalue weighted by Gasteiger charge is -2.32. The van der Waals surface area contributed by atoms with Crippen LogP contribution in [0.15, 0.2) is 0 Å². The second kappa shape index (κ2) is 8.60. The van der Waals surface area contributed by atoms with Gasteiger partial charge in [-0.3, -0.25) is 4.79 Å². The van der Waals surface area contributed by atoms with E-state index in [1.165, 1.54) is 12.8 Å². The summed E-state index contributed by atoms with van der Waals surface area (Å²) in [6.07, 6.45) is 6.19. The van der Waals surface area contributed by atoms with E-state index in [0.29, 0.717) is 18.9 Å². The van der Waals surface area contributed by atoms with Gasteiger partial charge in [-0.15, -0.1) is 0 Å². The Morgan fingerprint density at radius 2 is 1.90 bits per heavy atom. The molecule has 5 nitrogen and oxygen atoms in total. The van der Waals surface area contributed by atoms with Gasteiger partial charge in [-0.05, 0) is 51.1 Å². The van der Waals surface area contributed by atoms with Crippen LogP contribution in [-0.4, -0.2) is 61.4 Å². The number of amides is 1. The molecule has 116 valence electrons. The van der Waals surface area contributed by atoms with Gasteiger partial charge in [0.2, 0.25) is 5.91 Å². The summed E-state index contributed by atoms with van der Waals surface area (Å²) in [5, 5.41) is 12.1. The Labute approximate surface area is 121 Å². The number of carbonyl (C=O) groups is 1. The van der Waals surface area contributed by atoms with Crippen LogP contribution in [-0.2, 0) is 9.53 Å². The fourth-order valence-corrected chi connectivity index (χ4v) is 3.15. The van der Waals surface area contributed by atoms with Gasteiger partial charge in [0.1, 0.15) is 0 Å². The molecule has 2 heterocycles. The number of hydrogen-bond acceptors (Lipinski definition) is 4. The number of carbonyl (C=O) groups excluding carboxylic acids is 1. The number of ether oxygens (including phenoxy) is 1. The van der Waals surface area contributed by atoms with E-state index in [1.807, 2.05) is 4.90 Å². The van der Waals surface area contributed by atoms with Crippen LogP contribution in [0.25, 0.3) is 0 Å². The van der Waals surface area contributed by atoms with Crippen LogP contribution in [0, 0.1) is 5.92 Å². The molecule has 2 N–H and O–H groups in total. The minimum atomic E-state index is 0.0788. The van der Waals surface area contributed by atoms with E-state index in [9.17, 15) is 4.79 Å². The van der Waals surface area contributed by atoms with E-state index in [1.54, 1.807) is 0 Å². The topological polar surface area (TPSA) is 61.8 Å². The first-order valence-corrected chi connectivity index (χ1v) is 8.00. The highest BCUT2D eigenvalue weighted by molar-refractivity contribution is 5.76. The van der Waals surface area contributed by atoms with Gasteiger partial charge in [0.15, 0.2) is 0 Å². The standard InChI is InChI=1S/C15H28N2O3/c18-11-12-20-14-5-9-17(10-6-14)15(19)2-1-13-3-7-16-8-4-13/h13-14,16,18H,1-12H2. The predicted molar refractivity (Wildman–Crippen MR) is 77.5 cm³/mol. The summed E-state index contributed by atoms with van der Waals surface area (Å²) in [5.41, 5.74) is 0. The van der Waals surface area contributed by atoms with E-state index < -0.39 is 0 Å². The van der Waals surface area contributed by atoms with Crippen LogP contribution in [0.2, 0.25) is 0 Å². The second-order valence-electron chi connectivity index (χ2n) is 5.91. The molecule has 0 bridgehead atoms. The molecule has 0 saturated carbocycles. The SMILES string of the molecule is O=C(CCC1CCNCC1)N1CCC(OCCO)CC1. The number of likely N-dealkylation sites (tertiary alicyclic amines) is 1. The summed E-state index contributed by atoms with van der Waals surface area (Å²) in [5.74, 6) is 1.04. The van der Waals surface area contributed by atoms with Crippen LogP contribution >= 0.6 is 0 Å². The molecule has 0 radical (unpaired) electrons. The second-order valence-corrected chi connectivity index (χ2v) is 5.91. The van der Waals surface area contributed by atoms with E-state index >= 15 is 0 Å². The number of hydrogen-bond donors (Lipinski definition) is 2. The molecule has 20 heavy (non-hydrogen) atoms. The van der Waals surface area contributed by atoms with Crippen LogP contribution in [0.5, 0.6) is 0 Å². The third kappa shape index (κ3) is 5.04. The highest BCUT2D eigenvalue weighted by Crippen LogP contribution is 2.20. The molecule has 0 aromatic rings. The van der Waals surface area contributed by atoms with Crippen LogP contribution < -0.4 is 5.32 Å². The maximum Gasteiger partial charge on any atom is 0.222 e. The lowest BCUT2D eigenvalue weighted by atomic mass is 9.93. The number of aliphatic hydroxyl groups is 1. The van der Waals surface area contributed by atoms with Crippen molar-refractivity contribution in [3.63, 3.8) is 0 Å². The van der Waals surface area contributed by atoms with Crippen molar-refractivity contribution in [1.29, 1.82) is 0 Å². The van der Waals surface area contributed by atoms with Gasteiger partial charge in [-0.25, -0.2) is 0 Å².